The predicted octanol–water partition coefficient (Wildman–Crippen LogP) is 5.23. The number of carbonyl (C=O) groups excluding carboxylic acids is 2. The Labute approximate surface area is 208 Å². The van der Waals surface area contributed by atoms with Gasteiger partial charge in [-0.25, -0.2) is 4.99 Å². The summed E-state index contributed by atoms with van der Waals surface area (Å²) in [6.45, 7) is 15.1. The maximum Gasteiger partial charge on any atom is 0.253 e. The van der Waals surface area contributed by atoms with E-state index in [9.17, 15) is 9.59 Å². The van der Waals surface area contributed by atoms with Gasteiger partial charge in [0.25, 0.3) is 5.91 Å². The Bertz CT molecular complexity index is 1080. The molecule has 1 fully saturated rings. The van der Waals surface area contributed by atoms with Gasteiger partial charge in [-0.05, 0) is 75.5 Å². The van der Waals surface area contributed by atoms with Gasteiger partial charge in [0.15, 0.2) is 0 Å². The summed E-state index contributed by atoms with van der Waals surface area (Å²) in [6.07, 6.45) is 8.29. The number of aryl methyl sites for hydroxylation is 1. The number of nitrogens with one attached hydrogen (secondary N) is 1. The Balaban J connectivity index is 1.84. The fraction of sp³-hybridized carbons (Fsp3) is 0.630. The van der Waals surface area contributed by atoms with Crippen molar-refractivity contribution in [2.75, 3.05) is 0 Å². The van der Waals surface area contributed by atoms with Crippen LogP contribution >= 0.6 is 11.5 Å². The number of aromatic nitrogens is 2. The Kier molecular flexibility index (Phi) is 7.85. The fourth-order valence-corrected chi connectivity index (χ4v) is 5.73. The minimum Gasteiger partial charge on any atom is -0.350 e. The lowest BCUT2D eigenvalue weighted by atomic mass is 9.65. The van der Waals surface area contributed by atoms with Crippen LogP contribution in [0.4, 0.5) is 0 Å². The first kappa shape index (κ1) is 26.3. The van der Waals surface area contributed by atoms with Gasteiger partial charge in [-0.15, -0.1) is 0 Å². The van der Waals surface area contributed by atoms with E-state index < -0.39 is 10.8 Å². The van der Waals surface area contributed by atoms with E-state index in [1.54, 1.807) is 17.7 Å². The van der Waals surface area contributed by atoms with Gasteiger partial charge in [0.05, 0.1) is 17.7 Å². The molecule has 2 aromatic heterocycles. The molecule has 186 valence electrons. The number of hydrogen-bond donors (Lipinski definition) is 1. The molecular weight excluding hydrogens is 444 g/mol. The van der Waals surface area contributed by atoms with Crippen LogP contribution in [0.2, 0.25) is 0 Å². The van der Waals surface area contributed by atoms with E-state index in [4.69, 9.17) is 4.99 Å². The molecule has 2 heterocycles. The van der Waals surface area contributed by atoms with Gasteiger partial charge in [0, 0.05) is 29.4 Å². The zero-order valence-corrected chi connectivity index (χ0v) is 22.6. The van der Waals surface area contributed by atoms with Crippen molar-refractivity contribution in [3.05, 3.63) is 46.5 Å². The highest BCUT2D eigenvalue weighted by molar-refractivity contribution is 7.04. The molecule has 0 spiro atoms. The van der Waals surface area contributed by atoms with Crippen LogP contribution < -0.4 is 9.99 Å². The van der Waals surface area contributed by atoms with Gasteiger partial charge in [-0.3, -0.25) is 18.5 Å². The Hall–Kier alpha value is -2.28. The molecule has 0 bridgehead atoms. The van der Waals surface area contributed by atoms with Gasteiger partial charge < -0.3 is 5.32 Å². The molecule has 0 aromatic carbocycles. The number of hydrogen-bond acceptors (Lipinski definition) is 4. The monoisotopic (exact) mass is 484 g/mol. The maximum atomic E-state index is 13.7. The highest BCUT2D eigenvalue weighted by Crippen LogP contribution is 2.56. The lowest BCUT2D eigenvalue weighted by Gasteiger charge is -2.38. The van der Waals surface area contributed by atoms with Crippen LogP contribution in [0.5, 0.6) is 0 Å². The van der Waals surface area contributed by atoms with Gasteiger partial charge in [0.2, 0.25) is 5.91 Å². The molecular formula is C27H40N4O2S. The summed E-state index contributed by atoms with van der Waals surface area (Å²) in [6, 6.07) is 5.66. The van der Waals surface area contributed by atoms with Crippen molar-refractivity contribution < 1.29 is 9.59 Å². The molecule has 1 aliphatic carbocycles. The lowest BCUT2D eigenvalue weighted by molar-refractivity contribution is -0.136. The number of carbonyl (C=O) groups is 2. The summed E-state index contributed by atoms with van der Waals surface area (Å²) in [5.74, 6) is -0.376. The summed E-state index contributed by atoms with van der Waals surface area (Å²) in [7, 11) is 0. The van der Waals surface area contributed by atoms with Crippen molar-refractivity contribution >= 4 is 23.3 Å². The molecule has 0 radical (unpaired) electrons. The van der Waals surface area contributed by atoms with E-state index in [2.05, 4.69) is 48.1 Å². The number of rotatable bonds is 7. The highest BCUT2D eigenvalue weighted by Gasteiger charge is 2.58. The average Bonchev–Trinajstić information content (AvgIpc) is 3.29. The minimum atomic E-state index is -0.696. The second-order valence-corrected chi connectivity index (χ2v) is 12.2. The van der Waals surface area contributed by atoms with Crippen LogP contribution in [0, 0.1) is 16.7 Å². The van der Waals surface area contributed by atoms with Crippen molar-refractivity contribution in [2.45, 2.75) is 92.7 Å². The fourth-order valence-electron chi connectivity index (χ4n) is 4.70. The van der Waals surface area contributed by atoms with Crippen molar-refractivity contribution in [2.24, 2.45) is 21.7 Å². The topological polar surface area (TPSA) is 76.3 Å². The summed E-state index contributed by atoms with van der Waals surface area (Å²) < 4.78 is 3.01. The summed E-state index contributed by atoms with van der Waals surface area (Å²) in [4.78, 5) is 35.8. The smallest absolute Gasteiger partial charge is 0.253 e. The first-order chi connectivity index (χ1) is 15.9. The largest absolute Gasteiger partial charge is 0.350 e. The number of unbranched alkanes of at least 4 members (excludes halogenated alkanes) is 1. The van der Waals surface area contributed by atoms with E-state index in [1.807, 2.05) is 39.0 Å². The molecule has 6 nitrogen and oxygen atoms in total. The normalized spacial score (nSPS) is 22.7. The number of pyridine rings is 1. The molecule has 2 unspecified atom stereocenters. The Morgan fingerprint density at radius 3 is 2.62 bits per heavy atom. The third kappa shape index (κ3) is 5.35. The van der Waals surface area contributed by atoms with E-state index in [1.165, 1.54) is 0 Å². The molecule has 34 heavy (non-hydrogen) atoms. The second kappa shape index (κ2) is 10.1. The van der Waals surface area contributed by atoms with Crippen LogP contribution in [0.3, 0.4) is 0 Å². The molecule has 0 saturated heterocycles. The molecule has 7 heteroatoms. The molecule has 1 aliphatic rings. The Morgan fingerprint density at radius 1 is 1.26 bits per heavy atom. The van der Waals surface area contributed by atoms with Crippen molar-refractivity contribution in [3.63, 3.8) is 0 Å². The first-order valence-corrected chi connectivity index (χ1v) is 13.2. The van der Waals surface area contributed by atoms with Crippen LogP contribution in [0.1, 0.15) is 85.4 Å². The van der Waals surface area contributed by atoms with Crippen molar-refractivity contribution in [1.82, 2.24) is 14.3 Å². The third-order valence-electron chi connectivity index (χ3n) is 7.58. The van der Waals surface area contributed by atoms with Crippen LogP contribution in [-0.4, -0.2) is 20.8 Å². The third-order valence-corrected chi connectivity index (χ3v) is 8.96. The zero-order chi connectivity index (χ0) is 25.1. The Morgan fingerprint density at radius 2 is 2.00 bits per heavy atom. The van der Waals surface area contributed by atoms with Crippen LogP contribution in [0.25, 0.3) is 0 Å². The number of nitrogens with zero attached hydrogens (tertiary/aromatic N) is 3. The quantitative estimate of drug-likeness (QED) is 0.585. The SMILES string of the molecule is CCCCc1cn(C(C)(C)C)sc1=NC(=O)C1(C)CCC(C(=O)NCc2ccccn2)C1(C)C. The standard InChI is InChI=1S/C27H40N4O2S/c1-8-9-12-19-18-31(25(2,3)4)34-23(19)30-24(33)27(7)15-14-21(26(27,5)6)22(32)29-17-20-13-10-11-16-28-20/h10-11,13,16,18,21H,8-9,12,14-15,17H2,1-7H3,(H,29,32). The molecule has 1 N–H and O–H groups in total. The van der Waals surface area contributed by atoms with Gasteiger partial charge in [-0.1, -0.05) is 40.2 Å². The summed E-state index contributed by atoms with van der Waals surface area (Å²) in [5.41, 5.74) is 0.695. The van der Waals surface area contributed by atoms with E-state index in [0.717, 1.165) is 35.2 Å². The van der Waals surface area contributed by atoms with Crippen LogP contribution in [-0.2, 0) is 28.1 Å². The maximum absolute atomic E-state index is 13.7. The first-order valence-electron chi connectivity index (χ1n) is 12.4. The molecule has 2 atom stereocenters. The summed E-state index contributed by atoms with van der Waals surface area (Å²) in [5, 5.41) is 3.03. The van der Waals surface area contributed by atoms with Crippen molar-refractivity contribution in [3.8, 4) is 0 Å². The molecule has 0 aliphatic heterocycles. The highest BCUT2D eigenvalue weighted by atomic mass is 32.1. The van der Waals surface area contributed by atoms with Gasteiger partial charge in [-0.2, -0.15) is 0 Å². The zero-order valence-electron chi connectivity index (χ0n) is 21.8. The number of amides is 2. The second-order valence-electron chi connectivity index (χ2n) is 11.3. The predicted molar refractivity (Wildman–Crippen MR) is 137 cm³/mol. The average molecular weight is 485 g/mol. The molecule has 3 rings (SSSR count). The lowest BCUT2D eigenvalue weighted by Crippen LogP contribution is -2.45. The van der Waals surface area contributed by atoms with Gasteiger partial charge >= 0.3 is 0 Å². The summed E-state index contributed by atoms with van der Waals surface area (Å²) >= 11 is 1.56. The van der Waals surface area contributed by atoms with E-state index >= 15 is 0 Å². The minimum absolute atomic E-state index is 0.0162. The molecule has 2 amide bonds. The van der Waals surface area contributed by atoms with Gasteiger partial charge in [0.1, 0.15) is 4.67 Å². The molecule has 1 saturated carbocycles. The van der Waals surface area contributed by atoms with Crippen LogP contribution in [0.15, 0.2) is 35.6 Å². The van der Waals surface area contributed by atoms with E-state index in [-0.39, 0.29) is 23.3 Å². The molecule has 2 aromatic rings. The van der Waals surface area contributed by atoms with Crippen molar-refractivity contribution in [1.29, 1.82) is 0 Å². The van der Waals surface area contributed by atoms with E-state index in [0.29, 0.717) is 19.4 Å².